The Morgan fingerprint density at radius 3 is 2.55 bits per heavy atom. The second-order valence-corrected chi connectivity index (χ2v) is 7.00. The van der Waals surface area contributed by atoms with Crippen LogP contribution in [0.5, 0.6) is 0 Å². The molecule has 0 aliphatic carbocycles. The highest BCUT2D eigenvalue weighted by molar-refractivity contribution is 5.89. The van der Waals surface area contributed by atoms with Crippen LogP contribution in [-0.2, 0) is 14.2 Å². The Hall–Kier alpha value is -1.34. The highest BCUT2D eigenvalue weighted by atomic mass is 16.7. The molecule has 2 aliphatic heterocycles. The van der Waals surface area contributed by atoms with Crippen LogP contribution in [0.4, 0.5) is 4.79 Å². The van der Waals surface area contributed by atoms with Crippen molar-refractivity contribution in [3.63, 3.8) is 0 Å². The van der Waals surface area contributed by atoms with Gasteiger partial charge in [0.05, 0.1) is 5.71 Å². The van der Waals surface area contributed by atoms with E-state index in [1.54, 1.807) is 19.1 Å². The molecule has 2 saturated heterocycles. The number of hydrogen-bond acceptors (Lipinski definition) is 6. The summed E-state index contributed by atoms with van der Waals surface area (Å²) in [6, 6.07) is -0.0534. The van der Waals surface area contributed by atoms with Crippen molar-refractivity contribution in [3.05, 3.63) is 0 Å². The lowest BCUT2D eigenvalue weighted by atomic mass is 9.86. The summed E-state index contributed by atoms with van der Waals surface area (Å²) in [4.78, 5) is 14.4. The number of hydrogen-bond donors (Lipinski definition) is 1. The number of nitrogens with zero attached hydrogens (tertiary/aromatic N) is 2. The van der Waals surface area contributed by atoms with E-state index in [4.69, 9.17) is 14.2 Å². The van der Waals surface area contributed by atoms with E-state index >= 15 is 0 Å². The van der Waals surface area contributed by atoms with Crippen molar-refractivity contribution in [1.29, 1.82) is 0 Å². The molecule has 2 bridgehead atoms. The average molecular weight is 314 g/mol. The second kappa shape index (κ2) is 6.04. The Kier molecular flexibility index (Phi) is 4.67. The van der Waals surface area contributed by atoms with E-state index in [0.29, 0.717) is 18.6 Å². The summed E-state index contributed by atoms with van der Waals surface area (Å²) in [6.07, 6.45) is 1.54. The minimum absolute atomic E-state index is 0.0534. The number of carbonyl (C=O) groups is 1. The minimum atomic E-state index is -0.684. The lowest BCUT2D eigenvalue weighted by molar-refractivity contribution is -0.181. The van der Waals surface area contributed by atoms with E-state index in [-0.39, 0.29) is 12.1 Å². The molecule has 0 aromatic heterocycles. The molecule has 2 fully saturated rings. The maximum atomic E-state index is 12.7. The lowest BCUT2D eigenvalue weighted by Gasteiger charge is -2.47. The van der Waals surface area contributed by atoms with Crippen LogP contribution < -0.4 is 0 Å². The third-order valence-corrected chi connectivity index (χ3v) is 4.34. The first-order chi connectivity index (χ1) is 10.3. The monoisotopic (exact) mass is 314 g/mol. The molecule has 7 heteroatoms. The van der Waals surface area contributed by atoms with Crippen LogP contribution in [-0.4, -0.2) is 59.6 Å². The molecule has 0 aromatic rings. The van der Waals surface area contributed by atoms with Gasteiger partial charge in [0, 0.05) is 33.1 Å². The van der Waals surface area contributed by atoms with E-state index < -0.39 is 17.4 Å². The van der Waals surface area contributed by atoms with Crippen LogP contribution in [0.15, 0.2) is 5.16 Å². The largest absolute Gasteiger partial charge is 0.444 e. The van der Waals surface area contributed by atoms with Gasteiger partial charge in [0.1, 0.15) is 11.1 Å². The van der Waals surface area contributed by atoms with E-state index in [1.165, 1.54) is 0 Å². The summed E-state index contributed by atoms with van der Waals surface area (Å²) >= 11 is 0. The van der Waals surface area contributed by atoms with Gasteiger partial charge in [-0.3, -0.25) is 4.90 Å². The molecular weight excluding hydrogens is 288 g/mol. The molecule has 2 rings (SSSR count). The third-order valence-electron chi connectivity index (χ3n) is 4.34. The summed E-state index contributed by atoms with van der Waals surface area (Å²) in [5, 5.41) is 12.6. The zero-order valence-electron chi connectivity index (χ0n) is 14.0. The predicted molar refractivity (Wildman–Crippen MR) is 80.1 cm³/mol. The van der Waals surface area contributed by atoms with Crippen LogP contribution in [0.2, 0.25) is 0 Å². The van der Waals surface area contributed by atoms with Gasteiger partial charge in [-0.25, -0.2) is 4.79 Å². The number of fused-ring (bicyclic) bond motifs is 2. The lowest BCUT2D eigenvalue weighted by Crippen LogP contribution is -2.63. The molecule has 7 nitrogen and oxygen atoms in total. The molecule has 2 heterocycles. The Labute approximate surface area is 131 Å². The molecule has 0 spiro atoms. The summed E-state index contributed by atoms with van der Waals surface area (Å²) in [5.41, 5.74) is -0.587. The summed E-state index contributed by atoms with van der Waals surface area (Å²) in [7, 11) is 3.10. The van der Waals surface area contributed by atoms with Crippen molar-refractivity contribution in [1.82, 2.24) is 4.90 Å². The van der Waals surface area contributed by atoms with Crippen LogP contribution in [0.25, 0.3) is 0 Å². The van der Waals surface area contributed by atoms with Gasteiger partial charge in [-0.05, 0) is 33.6 Å². The quantitative estimate of drug-likeness (QED) is 0.491. The highest BCUT2D eigenvalue weighted by Gasteiger charge is 2.59. The molecule has 0 saturated carbocycles. The topological polar surface area (TPSA) is 80.6 Å². The van der Waals surface area contributed by atoms with Gasteiger partial charge < -0.3 is 19.4 Å². The summed E-state index contributed by atoms with van der Waals surface area (Å²) in [6.45, 7) is 5.52. The molecule has 2 unspecified atom stereocenters. The fraction of sp³-hybridized carbons (Fsp3) is 0.867. The molecular formula is C15H26N2O5. The molecule has 2 aliphatic rings. The van der Waals surface area contributed by atoms with Gasteiger partial charge in [0.15, 0.2) is 6.29 Å². The Bertz CT molecular complexity index is 455. The zero-order chi connectivity index (χ0) is 16.5. The smallest absolute Gasteiger partial charge is 0.411 e. The van der Waals surface area contributed by atoms with Crippen molar-refractivity contribution in [2.45, 2.75) is 69.9 Å². The first kappa shape index (κ1) is 17.0. The maximum Gasteiger partial charge on any atom is 0.411 e. The molecule has 2 atom stereocenters. The average Bonchev–Trinajstić information content (AvgIpc) is 2.67. The van der Waals surface area contributed by atoms with Gasteiger partial charge in [-0.2, -0.15) is 0 Å². The Balaban J connectivity index is 2.36. The molecule has 1 N–H and O–H groups in total. The number of piperidine rings is 1. The van der Waals surface area contributed by atoms with E-state index in [2.05, 4.69) is 5.16 Å². The first-order valence-corrected chi connectivity index (χ1v) is 7.55. The molecule has 126 valence electrons. The third kappa shape index (κ3) is 2.92. The number of rotatable bonds is 3. The number of ether oxygens (including phenoxy) is 3. The van der Waals surface area contributed by atoms with Gasteiger partial charge >= 0.3 is 6.09 Å². The first-order valence-electron chi connectivity index (χ1n) is 7.55. The highest BCUT2D eigenvalue weighted by Crippen LogP contribution is 2.46. The number of oxime groups is 1. The Morgan fingerprint density at radius 2 is 2.05 bits per heavy atom. The van der Waals surface area contributed by atoms with Crippen LogP contribution in [0, 0.1) is 0 Å². The van der Waals surface area contributed by atoms with E-state index in [9.17, 15) is 10.0 Å². The van der Waals surface area contributed by atoms with Crippen LogP contribution >= 0.6 is 0 Å². The SMILES string of the molecule is COC(OC)C12CCC(C/C(=N\O)C1)N2C(=O)OC(C)(C)C. The predicted octanol–water partition coefficient (Wildman–Crippen LogP) is 2.37. The van der Waals surface area contributed by atoms with Gasteiger partial charge in [0.25, 0.3) is 0 Å². The molecule has 1 amide bonds. The Morgan fingerprint density at radius 1 is 1.41 bits per heavy atom. The van der Waals surface area contributed by atoms with Crippen molar-refractivity contribution in [2.24, 2.45) is 5.16 Å². The van der Waals surface area contributed by atoms with Crippen molar-refractivity contribution < 1.29 is 24.2 Å². The standard InChI is InChI=1S/C15H26N2O5/c1-14(2,3)22-13(18)17-11-6-7-15(17,12(20-4)21-5)9-10(8-11)16-19/h11-12,19H,6-9H2,1-5H3/b16-10+. The second-order valence-electron chi connectivity index (χ2n) is 7.00. The molecule has 0 radical (unpaired) electrons. The van der Waals surface area contributed by atoms with Crippen molar-refractivity contribution in [3.8, 4) is 0 Å². The fourth-order valence-corrected chi connectivity index (χ4v) is 3.66. The minimum Gasteiger partial charge on any atom is -0.444 e. The fourth-order valence-electron chi connectivity index (χ4n) is 3.66. The number of amides is 1. The van der Waals surface area contributed by atoms with E-state index in [0.717, 1.165) is 12.8 Å². The number of methoxy groups -OCH3 is 2. The van der Waals surface area contributed by atoms with Gasteiger partial charge in [-0.15, -0.1) is 0 Å². The normalized spacial score (nSPS) is 30.2. The van der Waals surface area contributed by atoms with Crippen molar-refractivity contribution in [2.75, 3.05) is 14.2 Å². The maximum absolute atomic E-state index is 12.7. The molecule has 0 aromatic carbocycles. The summed E-state index contributed by atoms with van der Waals surface area (Å²) < 4.78 is 16.5. The molecule has 22 heavy (non-hydrogen) atoms. The number of carbonyl (C=O) groups excluding carboxylic acids is 1. The zero-order valence-corrected chi connectivity index (χ0v) is 14.0. The van der Waals surface area contributed by atoms with E-state index in [1.807, 2.05) is 20.8 Å². The van der Waals surface area contributed by atoms with Crippen molar-refractivity contribution >= 4 is 11.8 Å². The van der Waals surface area contributed by atoms with Gasteiger partial charge in [-0.1, -0.05) is 5.16 Å². The van der Waals surface area contributed by atoms with Gasteiger partial charge in [0.2, 0.25) is 0 Å². The van der Waals surface area contributed by atoms with Crippen LogP contribution in [0.3, 0.4) is 0 Å². The van der Waals surface area contributed by atoms with Crippen LogP contribution in [0.1, 0.15) is 46.5 Å². The summed E-state index contributed by atoms with van der Waals surface area (Å²) in [5.74, 6) is 0.